The molecule has 0 aromatic heterocycles. The molecule has 0 aromatic carbocycles. The highest BCUT2D eigenvalue weighted by Gasteiger charge is 1.94. The van der Waals surface area contributed by atoms with Crippen LogP contribution in [0.15, 0.2) is 12.7 Å². The van der Waals surface area contributed by atoms with Gasteiger partial charge in [-0.25, -0.2) is 0 Å². The lowest BCUT2D eigenvalue weighted by atomic mass is 10.3. The van der Waals surface area contributed by atoms with E-state index in [1.807, 2.05) is 13.1 Å². The fraction of sp³-hybridized carbons (Fsp3) is 0.714. The molecule has 80 valence electrons. The first kappa shape index (κ1) is 15.1. The van der Waals surface area contributed by atoms with Crippen LogP contribution in [0.4, 0.5) is 0 Å². The first-order chi connectivity index (χ1) is 5.97. The molecule has 0 rings (SSSR count). The Hall–Kier alpha value is -0.430. The zero-order valence-corrected chi connectivity index (χ0v) is 8.80. The number of nitrogens with one attached hydrogen (secondary N) is 1. The molecule has 0 saturated carbocycles. The second-order valence-electron chi connectivity index (χ2n) is 2.13. The molecule has 0 bridgehead atoms. The van der Waals surface area contributed by atoms with Gasteiger partial charge in [0.05, 0.1) is 7.11 Å². The summed E-state index contributed by atoms with van der Waals surface area (Å²) in [5, 5.41) is 3.05. The predicted octanol–water partition coefficient (Wildman–Crippen LogP) is 0.608. The van der Waals surface area contributed by atoms with E-state index in [0.29, 0.717) is 0 Å². The van der Waals surface area contributed by atoms with E-state index in [-0.39, 0.29) is 0 Å². The average Bonchev–Trinajstić information content (AvgIpc) is 2.06. The second kappa shape index (κ2) is 9.66. The summed E-state index contributed by atoms with van der Waals surface area (Å²) in [6, 6.07) is 0. The molecule has 0 aliphatic heterocycles. The third kappa shape index (κ3) is 24.5. The van der Waals surface area contributed by atoms with Crippen LogP contribution in [0.2, 0.25) is 0 Å². The Morgan fingerprint density at radius 1 is 1.62 bits per heavy atom. The molecular weight excluding hydrogens is 194 g/mol. The van der Waals surface area contributed by atoms with Crippen LogP contribution in [0, 0.1) is 0 Å². The van der Waals surface area contributed by atoms with Crippen molar-refractivity contribution in [3.8, 4) is 0 Å². The fourth-order valence-corrected chi connectivity index (χ4v) is 0.423. The van der Waals surface area contributed by atoms with E-state index in [9.17, 15) is 8.42 Å². The van der Waals surface area contributed by atoms with E-state index >= 15 is 0 Å². The van der Waals surface area contributed by atoms with Gasteiger partial charge in [-0.15, -0.1) is 6.58 Å². The van der Waals surface area contributed by atoms with Gasteiger partial charge in [0.25, 0.3) is 0 Å². The van der Waals surface area contributed by atoms with E-state index in [1.54, 1.807) is 0 Å². The number of hydrogen-bond donors (Lipinski definition) is 2. The zero-order valence-electron chi connectivity index (χ0n) is 7.99. The summed E-state index contributed by atoms with van der Waals surface area (Å²) >= 11 is 0. The Bertz CT molecular complexity index is 201. The van der Waals surface area contributed by atoms with Crippen molar-refractivity contribution < 1.29 is 17.2 Å². The first-order valence-corrected chi connectivity index (χ1v) is 5.13. The van der Waals surface area contributed by atoms with Crippen molar-refractivity contribution in [1.82, 2.24) is 5.32 Å². The molecule has 0 atom stereocenters. The quantitative estimate of drug-likeness (QED) is 0.396. The molecule has 5 nitrogen and oxygen atoms in total. The van der Waals surface area contributed by atoms with Gasteiger partial charge in [-0.3, -0.25) is 8.74 Å². The minimum Gasteiger partial charge on any atom is -0.320 e. The molecule has 0 spiro atoms. The number of unbranched alkanes of at least 4 members (excludes halogenated alkanes) is 1. The zero-order chi connectivity index (χ0) is 10.7. The molecule has 0 aliphatic rings. The van der Waals surface area contributed by atoms with E-state index in [4.69, 9.17) is 4.55 Å². The Kier molecular flexibility index (Phi) is 11.2. The standard InChI is InChI=1S/C6H13N.CH4O4S/c1-3-4-5-6-7-2;1-5-6(2,3)4/h3,7H,1,4-6H2,2H3;1H3,(H,2,3,4). The number of rotatable bonds is 5. The van der Waals surface area contributed by atoms with Gasteiger partial charge >= 0.3 is 10.4 Å². The molecule has 13 heavy (non-hydrogen) atoms. The van der Waals surface area contributed by atoms with Gasteiger partial charge in [-0.1, -0.05) is 6.08 Å². The fourth-order valence-electron chi connectivity index (χ4n) is 0.423. The lowest BCUT2D eigenvalue weighted by molar-refractivity contribution is 0.324. The van der Waals surface area contributed by atoms with Crippen LogP contribution in [0.3, 0.4) is 0 Å². The molecule has 0 saturated heterocycles. The highest BCUT2D eigenvalue weighted by atomic mass is 32.3. The second-order valence-corrected chi connectivity index (χ2v) is 3.32. The number of hydrogen-bond acceptors (Lipinski definition) is 4. The van der Waals surface area contributed by atoms with Crippen LogP contribution in [-0.2, 0) is 14.6 Å². The molecule has 6 heteroatoms. The summed E-state index contributed by atoms with van der Waals surface area (Å²) in [6.45, 7) is 4.71. The Morgan fingerprint density at radius 2 is 2.08 bits per heavy atom. The summed E-state index contributed by atoms with van der Waals surface area (Å²) < 4.78 is 29.7. The summed E-state index contributed by atoms with van der Waals surface area (Å²) in [7, 11) is -1.33. The van der Waals surface area contributed by atoms with Gasteiger partial charge in [0, 0.05) is 0 Å². The molecule has 0 aromatic rings. The highest BCUT2D eigenvalue weighted by molar-refractivity contribution is 7.80. The molecule has 0 radical (unpaired) electrons. The SMILES string of the molecule is C=CCCCNC.COS(=O)(=O)O. The third-order valence-corrected chi connectivity index (χ3v) is 1.47. The highest BCUT2D eigenvalue weighted by Crippen LogP contribution is 1.83. The maximum Gasteiger partial charge on any atom is 0.397 e. The van der Waals surface area contributed by atoms with Gasteiger partial charge in [-0.05, 0) is 26.4 Å². The Labute approximate surface area is 79.7 Å². The maximum absolute atomic E-state index is 9.33. The van der Waals surface area contributed by atoms with Crippen molar-refractivity contribution in [2.24, 2.45) is 0 Å². The van der Waals surface area contributed by atoms with Gasteiger partial charge in [-0.2, -0.15) is 8.42 Å². The Morgan fingerprint density at radius 3 is 2.31 bits per heavy atom. The molecule has 0 fully saturated rings. The lowest BCUT2D eigenvalue weighted by Gasteiger charge is -1.90. The first-order valence-electron chi connectivity index (χ1n) is 3.76. The van der Waals surface area contributed by atoms with Gasteiger partial charge in [0.15, 0.2) is 0 Å². The number of allylic oxidation sites excluding steroid dienone is 1. The van der Waals surface area contributed by atoms with Crippen LogP contribution >= 0.6 is 0 Å². The maximum atomic E-state index is 9.33. The van der Waals surface area contributed by atoms with Gasteiger partial charge < -0.3 is 5.32 Å². The minimum absolute atomic E-state index is 0.870. The van der Waals surface area contributed by atoms with E-state index in [2.05, 4.69) is 16.1 Å². The van der Waals surface area contributed by atoms with Crippen molar-refractivity contribution in [1.29, 1.82) is 0 Å². The Balaban J connectivity index is 0. The molecule has 0 aliphatic carbocycles. The summed E-state index contributed by atoms with van der Waals surface area (Å²) in [5.41, 5.74) is 0. The largest absolute Gasteiger partial charge is 0.397 e. The van der Waals surface area contributed by atoms with Crippen molar-refractivity contribution >= 4 is 10.4 Å². The molecule has 0 heterocycles. The van der Waals surface area contributed by atoms with Crippen LogP contribution in [0.5, 0.6) is 0 Å². The van der Waals surface area contributed by atoms with Crippen molar-refractivity contribution in [2.75, 3.05) is 20.7 Å². The van der Waals surface area contributed by atoms with Crippen LogP contribution in [-0.4, -0.2) is 33.7 Å². The van der Waals surface area contributed by atoms with Crippen molar-refractivity contribution in [3.05, 3.63) is 12.7 Å². The lowest BCUT2D eigenvalue weighted by Crippen LogP contribution is -2.06. The topological polar surface area (TPSA) is 75.6 Å². The van der Waals surface area contributed by atoms with E-state index in [0.717, 1.165) is 20.1 Å². The smallest absolute Gasteiger partial charge is 0.320 e. The summed E-state index contributed by atoms with van der Waals surface area (Å²) in [5.74, 6) is 0. The predicted molar refractivity (Wildman–Crippen MR) is 51.9 cm³/mol. The molecule has 2 N–H and O–H groups in total. The van der Waals surface area contributed by atoms with E-state index < -0.39 is 10.4 Å². The molecular formula is C7H17NO4S. The molecule has 0 unspecified atom stereocenters. The summed E-state index contributed by atoms with van der Waals surface area (Å²) in [6.07, 6.45) is 4.28. The van der Waals surface area contributed by atoms with Gasteiger partial charge in [0.1, 0.15) is 0 Å². The van der Waals surface area contributed by atoms with Crippen LogP contribution in [0.1, 0.15) is 12.8 Å². The minimum atomic E-state index is -4.16. The van der Waals surface area contributed by atoms with Crippen molar-refractivity contribution in [2.45, 2.75) is 12.8 Å². The normalized spacial score (nSPS) is 10.1. The van der Waals surface area contributed by atoms with E-state index in [1.165, 1.54) is 6.42 Å². The van der Waals surface area contributed by atoms with Gasteiger partial charge in [0.2, 0.25) is 0 Å². The monoisotopic (exact) mass is 211 g/mol. The van der Waals surface area contributed by atoms with Crippen LogP contribution < -0.4 is 5.32 Å². The summed E-state index contributed by atoms with van der Waals surface area (Å²) in [4.78, 5) is 0. The van der Waals surface area contributed by atoms with Crippen molar-refractivity contribution in [3.63, 3.8) is 0 Å². The average molecular weight is 211 g/mol. The molecule has 0 amide bonds. The van der Waals surface area contributed by atoms with Crippen LogP contribution in [0.25, 0.3) is 0 Å². The third-order valence-electron chi connectivity index (χ3n) is 1.05.